The van der Waals surface area contributed by atoms with Crippen LogP contribution >= 0.6 is 23.5 Å². The third-order valence-corrected chi connectivity index (χ3v) is 9.53. The van der Waals surface area contributed by atoms with Crippen LogP contribution in [0.4, 0.5) is 0 Å². The van der Waals surface area contributed by atoms with E-state index in [0.717, 1.165) is 21.7 Å². The van der Waals surface area contributed by atoms with E-state index in [1.165, 1.54) is 63.5 Å². The summed E-state index contributed by atoms with van der Waals surface area (Å²) in [4.78, 5) is 0. The summed E-state index contributed by atoms with van der Waals surface area (Å²) in [6.45, 7) is 14.2. The van der Waals surface area contributed by atoms with E-state index < -0.39 is 0 Å². The van der Waals surface area contributed by atoms with Crippen molar-refractivity contribution in [2.45, 2.75) is 115 Å². The van der Waals surface area contributed by atoms with Crippen LogP contribution in [0.1, 0.15) is 99.3 Å². The van der Waals surface area contributed by atoms with Gasteiger partial charge in [0.1, 0.15) is 10.5 Å². The highest BCUT2D eigenvalue weighted by molar-refractivity contribution is 8.01. The quantitative estimate of drug-likeness (QED) is 0.170. The van der Waals surface area contributed by atoms with Gasteiger partial charge in [0.15, 0.2) is 0 Å². The van der Waals surface area contributed by atoms with E-state index in [4.69, 9.17) is 4.43 Å². The fourth-order valence-corrected chi connectivity index (χ4v) is 7.47. The summed E-state index contributed by atoms with van der Waals surface area (Å²) in [5, 5.41) is 0.751. The molecule has 1 nitrogen and oxygen atoms in total. The topological polar surface area (TPSA) is 9.23 Å². The van der Waals surface area contributed by atoms with Crippen molar-refractivity contribution in [2.24, 2.45) is 5.92 Å². The van der Waals surface area contributed by atoms with Crippen molar-refractivity contribution in [1.29, 1.82) is 0 Å². The first kappa shape index (κ1) is 24.9. The van der Waals surface area contributed by atoms with Crippen LogP contribution in [0.25, 0.3) is 0 Å². The molecule has 0 aromatic carbocycles. The van der Waals surface area contributed by atoms with Gasteiger partial charge in [0.05, 0.1) is 5.44 Å². The zero-order valence-corrected chi connectivity index (χ0v) is 21.2. The minimum absolute atomic E-state index is 0.350. The molecule has 0 aliphatic rings. The Morgan fingerprint density at radius 2 is 1.62 bits per heavy atom. The summed E-state index contributed by atoms with van der Waals surface area (Å²) >= 11 is 4.35. The lowest BCUT2D eigenvalue weighted by Crippen LogP contribution is -2.40. The zero-order valence-electron chi connectivity index (χ0n) is 17.5. The minimum atomic E-state index is 0.350. The molecule has 0 aliphatic carbocycles. The molecular formula is C20H44OS2Si. The van der Waals surface area contributed by atoms with E-state index in [-0.39, 0.29) is 0 Å². The van der Waals surface area contributed by atoms with Gasteiger partial charge in [-0.05, 0) is 37.9 Å². The van der Waals surface area contributed by atoms with E-state index >= 15 is 0 Å². The summed E-state index contributed by atoms with van der Waals surface area (Å²) in [6, 6.07) is 0. The van der Waals surface area contributed by atoms with Crippen molar-refractivity contribution < 1.29 is 4.43 Å². The van der Waals surface area contributed by atoms with Crippen molar-refractivity contribution in [3.63, 3.8) is 0 Å². The van der Waals surface area contributed by atoms with E-state index in [9.17, 15) is 0 Å². The lowest BCUT2D eigenvalue weighted by atomic mass is 9.81. The van der Waals surface area contributed by atoms with Crippen LogP contribution in [0.5, 0.6) is 0 Å². The van der Waals surface area contributed by atoms with Gasteiger partial charge in [-0.1, -0.05) is 73.1 Å². The molecule has 4 heteroatoms. The van der Waals surface area contributed by atoms with Crippen LogP contribution in [0.15, 0.2) is 0 Å². The van der Waals surface area contributed by atoms with Crippen molar-refractivity contribution in [3.8, 4) is 0 Å². The molecule has 0 fully saturated rings. The number of unbranched alkanes of at least 4 members (excludes halogenated alkanes) is 4. The van der Waals surface area contributed by atoms with Gasteiger partial charge >= 0.3 is 0 Å². The summed E-state index contributed by atoms with van der Waals surface area (Å²) in [7, 11) is 0.843. The number of hydrogen-bond acceptors (Lipinski definition) is 3. The first-order chi connectivity index (χ1) is 11.5. The SMILES string of the molecule is CCCCCCCSC(C)C(CC)C(CC)(CCC)SC(C)O[SiH3]. The van der Waals surface area contributed by atoms with E-state index in [0.29, 0.717) is 10.2 Å². The predicted molar refractivity (Wildman–Crippen MR) is 120 cm³/mol. The second-order valence-electron chi connectivity index (χ2n) is 7.09. The maximum Gasteiger partial charge on any atom is 0.147 e. The Balaban J connectivity index is 4.73. The summed E-state index contributed by atoms with van der Waals surface area (Å²) in [5.41, 5.74) is 0.350. The summed E-state index contributed by atoms with van der Waals surface area (Å²) in [5.74, 6) is 2.12. The fraction of sp³-hybridized carbons (Fsp3) is 1.00. The number of thioether (sulfide) groups is 2. The fourth-order valence-electron chi connectivity index (χ4n) is 3.88. The Kier molecular flexibility index (Phi) is 15.5. The van der Waals surface area contributed by atoms with Gasteiger partial charge in [0.2, 0.25) is 0 Å². The maximum absolute atomic E-state index is 5.76. The van der Waals surface area contributed by atoms with Crippen LogP contribution in [-0.2, 0) is 4.43 Å². The normalized spacial score (nSPS) is 18.2. The minimum Gasteiger partial charge on any atom is -0.417 e. The average Bonchev–Trinajstić information content (AvgIpc) is 2.58. The third kappa shape index (κ3) is 9.00. The van der Waals surface area contributed by atoms with Gasteiger partial charge in [-0.3, -0.25) is 0 Å². The second kappa shape index (κ2) is 15.0. The predicted octanol–water partition coefficient (Wildman–Crippen LogP) is 6.43. The molecule has 0 bridgehead atoms. The van der Waals surface area contributed by atoms with Gasteiger partial charge < -0.3 is 4.43 Å². The van der Waals surface area contributed by atoms with Crippen LogP contribution in [-0.4, -0.2) is 31.7 Å². The molecule has 0 rings (SSSR count). The van der Waals surface area contributed by atoms with Gasteiger partial charge in [-0.15, -0.1) is 11.8 Å². The monoisotopic (exact) mass is 392 g/mol. The molecule has 0 aromatic rings. The van der Waals surface area contributed by atoms with E-state index in [1.54, 1.807) is 0 Å². The van der Waals surface area contributed by atoms with Crippen LogP contribution < -0.4 is 0 Å². The molecule has 0 saturated heterocycles. The van der Waals surface area contributed by atoms with Crippen LogP contribution in [0.2, 0.25) is 0 Å². The molecule has 0 radical (unpaired) electrons. The summed E-state index contributed by atoms with van der Waals surface area (Å²) in [6.07, 6.45) is 12.1. The van der Waals surface area contributed by atoms with Crippen molar-refractivity contribution in [1.82, 2.24) is 0 Å². The van der Waals surface area contributed by atoms with Gasteiger partial charge in [-0.25, -0.2) is 0 Å². The molecule has 0 amide bonds. The molecule has 4 atom stereocenters. The molecule has 24 heavy (non-hydrogen) atoms. The van der Waals surface area contributed by atoms with Gasteiger partial charge in [-0.2, -0.15) is 11.8 Å². The van der Waals surface area contributed by atoms with Gasteiger partial charge in [0, 0.05) is 10.00 Å². The third-order valence-electron chi connectivity index (χ3n) is 5.32. The maximum atomic E-state index is 5.76. The molecular weight excluding hydrogens is 348 g/mol. The molecule has 0 N–H and O–H groups in total. The Bertz CT molecular complexity index is 291. The second-order valence-corrected chi connectivity index (χ2v) is 10.8. The molecule has 146 valence electrons. The first-order valence-electron chi connectivity index (χ1n) is 10.3. The molecule has 4 unspecified atom stereocenters. The van der Waals surface area contributed by atoms with Crippen LogP contribution in [0.3, 0.4) is 0 Å². The highest BCUT2D eigenvalue weighted by Crippen LogP contribution is 2.48. The standard InChI is InChI=1S/C20H44OS2Si/c1-7-11-12-13-14-16-22-17(5)19(9-3)20(10-4,15-8-2)23-18(6)21-24/h17-19H,7-16H2,1-6,24H3. The average molecular weight is 393 g/mol. The first-order valence-corrected chi connectivity index (χ1v) is 13.1. The highest BCUT2D eigenvalue weighted by atomic mass is 32.2. The van der Waals surface area contributed by atoms with E-state index in [2.05, 4.69) is 65.1 Å². The van der Waals surface area contributed by atoms with Crippen LogP contribution in [0, 0.1) is 5.92 Å². The summed E-state index contributed by atoms with van der Waals surface area (Å²) < 4.78 is 6.15. The number of hydrogen-bond donors (Lipinski definition) is 0. The van der Waals surface area contributed by atoms with E-state index in [1.807, 2.05) is 0 Å². The largest absolute Gasteiger partial charge is 0.417 e. The molecule has 0 spiro atoms. The lowest BCUT2D eigenvalue weighted by Gasteiger charge is -2.44. The Morgan fingerprint density at radius 3 is 2.12 bits per heavy atom. The highest BCUT2D eigenvalue weighted by Gasteiger charge is 2.40. The molecule has 0 aromatic heterocycles. The molecule has 0 aliphatic heterocycles. The van der Waals surface area contributed by atoms with Crippen molar-refractivity contribution in [3.05, 3.63) is 0 Å². The Morgan fingerprint density at radius 1 is 0.958 bits per heavy atom. The molecule has 0 heterocycles. The van der Waals surface area contributed by atoms with Crippen molar-refractivity contribution in [2.75, 3.05) is 5.75 Å². The zero-order chi connectivity index (χ0) is 18.4. The molecule has 0 saturated carbocycles. The lowest BCUT2D eigenvalue weighted by molar-refractivity contribution is 0.304. The van der Waals surface area contributed by atoms with Crippen molar-refractivity contribution >= 4 is 34.0 Å². The Labute approximate surface area is 164 Å². The number of rotatable bonds is 16. The van der Waals surface area contributed by atoms with Gasteiger partial charge in [0.25, 0.3) is 0 Å². The smallest absolute Gasteiger partial charge is 0.147 e. The Hall–Kier alpha value is 0.877.